The minimum absolute atomic E-state index is 0.152. The molecular formula is C17H20N2O5S. The summed E-state index contributed by atoms with van der Waals surface area (Å²) in [7, 11) is -3.34. The standard InChI is InChI=1S/C17H20N2O5S/c1-12-7-8-13(25(2,22)23)11-14(12)19-16(20)6-3-9-18-17(21)15-5-4-10-24-15/h4-5,7-8,10-11H,3,6,9H2,1-2H3,(H,18,21)(H,19,20). The maximum absolute atomic E-state index is 12.0. The van der Waals surface area contributed by atoms with Crippen LogP contribution >= 0.6 is 0 Å². The number of hydrogen-bond acceptors (Lipinski definition) is 5. The summed E-state index contributed by atoms with van der Waals surface area (Å²) in [5.41, 5.74) is 1.24. The van der Waals surface area contributed by atoms with E-state index >= 15 is 0 Å². The number of aryl methyl sites for hydroxylation is 1. The molecule has 0 atom stereocenters. The second kappa shape index (κ2) is 7.98. The third kappa shape index (κ3) is 5.46. The number of furan rings is 1. The van der Waals surface area contributed by atoms with Gasteiger partial charge in [-0.2, -0.15) is 0 Å². The Hall–Kier alpha value is -2.61. The van der Waals surface area contributed by atoms with Crippen molar-refractivity contribution in [3.63, 3.8) is 0 Å². The topological polar surface area (TPSA) is 105 Å². The van der Waals surface area contributed by atoms with E-state index in [0.717, 1.165) is 11.8 Å². The van der Waals surface area contributed by atoms with E-state index < -0.39 is 9.84 Å². The van der Waals surface area contributed by atoms with Crippen molar-refractivity contribution in [2.75, 3.05) is 18.1 Å². The Morgan fingerprint density at radius 2 is 1.96 bits per heavy atom. The number of amides is 2. The van der Waals surface area contributed by atoms with Gasteiger partial charge in [-0.3, -0.25) is 9.59 Å². The molecule has 1 heterocycles. The first-order valence-corrected chi connectivity index (χ1v) is 9.59. The third-order valence-electron chi connectivity index (χ3n) is 3.52. The van der Waals surface area contributed by atoms with Crippen molar-refractivity contribution in [3.8, 4) is 0 Å². The lowest BCUT2D eigenvalue weighted by atomic mass is 10.2. The van der Waals surface area contributed by atoms with Crippen LogP contribution in [-0.4, -0.2) is 33.0 Å². The van der Waals surface area contributed by atoms with Crippen molar-refractivity contribution in [1.82, 2.24) is 5.32 Å². The lowest BCUT2D eigenvalue weighted by Crippen LogP contribution is -2.25. The van der Waals surface area contributed by atoms with Gasteiger partial charge in [0.05, 0.1) is 11.2 Å². The number of sulfone groups is 1. The first kappa shape index (κ1) is 18.7. The molecule has 0 radical (unpaired) electrons. The lowest BCUT2D eigenvalue weighted by Gasteiger charge is -2.10. The van der Waals surface area contributed by atoms with E-state index in [2.05, 4.69) is 10.6 Å². The molecule has 2 aromatic rings. The van der Waals surface area contributed by atoms with Crippen LogP contribution in [0.4, 0.5) is 5.69 Å². The van der Waals surface area contributed by atoms with E-state index in [4.69, 9.17) is 4.42 Å². The zero-order valence-electron chi connectivity index (χ0n) is 14.0. The first-order chi connectivity index (χ1) is 11.8. The molecule has 0 fully saturated rings. The highest BCUT2D eigenvalue weighted by molar-refractivity contribution is 7.90. The van der Waals surface area contributed by atoms with E-state index in [1.165, 1.54) is 18.4 Å². The molecule has 2 rings (SSSR count). The Morgan fingerprint density at radius 3 is 2.60 bits per heavy atom. The van der Waals surface area contributed by atoms with Crippen molar-refractivity contribution in [2.45, 2.75) is 24.7 Å². The molecule has 8 heteroatoms. The Bertz CT molecular complexity index is 857. The van der Waals surface area contributed by atoms with Crippen molar-refractivity contribution in [1.29, 1.82) is 0 Å². The van der Waals surface area contributed by atoms with Gasteiger partial charge in [-0.1, -0.05) is 6.07 Å². The van der Waals surface area contributed by atoms with Crippen LogP contribution in [0.1, 0.15) is 29.0 Å². The summed E-state index contributed by atoms with van der Waals surface area (Å²) in [4.78, 5) is 23.8. The van der Waals surface area contributed by atoms with Crippen molar-refractivity contribution in [3.05, 3.63) is 47.9 Å². The summed E-state index contributed by atoms with van der Waals surface area (Å²) in [6.45, 7) is 2.11. The lowest BCUT2D eigenvalue weighted by molar-refractivity contribution is -0.116. The highest BCUT2D eigenvalue weighted by atomic mass is 32.2. The van der Waals surface area contributed by atoms with Crippen molar-refractivity contribution >= 4 is 27.3 Å². The van der Waals surface area contributed by atoms with Crippen molar-refractivity contribution in [2.24, 2.45) is 0 Å². The molecule has 134 valence electrons. The van der Waals surface area contributed by atoms with E-state index in [-0.39, 0.29) is 28.9 Å². The van der Waals surface area contributed by atoms with Crippen LogP contribution in [0.2, 0.25) is 0 Å². The third-order valence-corrected chi connectivity index (χ3v) is 4.63. The fourth-order valence-electron chi connectivity index (χ4n) is 2.12. The van der Waals surface area contributed by atoms with Gasteiger partial charge in [0, 0.05) is 24.9 Å². The number of anilines is 1. The van der Waals surface area contributed by atoms with Crippen LogP contribution in [-0.2, 0) is 14.6 Å². The summed E-state index contributed by atoms with van der Waals surface area (Å²) >= 11 is 0. The van der Waals surface area contributed by atoms with Gasteiger partial charge < -0.3 is 15.1 Å². The summed E-state index contributed by atoms with van der Waals surface area (Å²) in [6, 6.07) is 7.77. The van der Waals surface area contributed by atoms with Crippen LogP contribution in [0.25, 0.3) is 0 Å². The van der Waals surface area contributed by atoms with Crippen LogP contribution in [0.15, 0.2) is 45.9 Å². The summed E-state index contributed by atoms with van der Waals surface area (Å²) in [5.74, 6) is -0.360. The SMILES string of the molecule is Cc1ccc(S(C)(=O)=O)cc1NC(=O)CCCNC(=O)c1ccco1. The normalized spacial score (nSPS) is 11.1. The molecule has 0 aliphatic carbocycles. The van der Waals surface area contributed by atoms with E-state index in [1.807, 2.05) is 0 Å². The zero-order valence-corrected chi connectivity index (χ0v) is 14.9. The van der Waals surface area contributed by atoms with Gasteiger partial charge in [-0.25, -0.2) is 8.42 Å². The molecule has 0 saturated heterocycles. The van der Waals surface area contributed by atoms with Crippen molar-refractivity contribution < 1.29 is 22.4 Å². The maximum Gasteiger partial charge on any atom is 0.286 e. The smallest absolute Gasteiger partial charge is 0.286 e. The Balaban J connectivity index is 1.83. The van der Waals surface area contributed by atoms with Gasteiger partial charge in [-0.15, -0.1) is 0 Å². The molecular weight excluding hydrogens is 344 g/mol. The summed E-state index contributed by atoms with van der Waals surface area (Å²) < 4.78 is 28.2. The Labute approximate surface area is 146 Å². The molecule has 7 nitrogen and oxygen atoms in total. The number of hydrogen-bond donors (Lipinski definition) is 2. The average molecular weight is 364 g/mol. The molecule has 25 heavy (non-hydrogen) atoms. The summed E-state index contributed by atoms with van der Waals surface area (Å²) in [6.07, 6.45) is 3.17. The van der Waals surface area contributed by atoms with Crippen LogP contribution in [0.5, 0.6) is 0 Å². The molecule has 2 amide bonds. The minimum atomic E-state index is -3.34. The fraction of sp³-hybridized carbons (Fsp3) is 0.294. The monoisotopic (exact) mass is 364 g/mol. The Kier molecular flexibility index (Phi) is 5.97. The molecule has 0 aliphatic heterocycles. The molecule has 0 unspecified atom stereocenters. The predicted molar refractivity (Wildman–Crippen MR) is 93.2 cm³/mol. The molecule has 0 aliphatic rings. The van der Waals surface area contributed by atoms with E-state index in [0.29, 0.717) is 18.7 Å². The van der Waals surface area contributed by atoms with Gasteiger partial charge in [0.25, 0.3) is 5.91 Å². The quantitative estimate of drug-likeness (QED) is 0.732. The molecule has 1 aromatic heterocycles. The number of nitrogens with one attached hydrogen (secondary N) is 2. The minimum Gasteiger partial charge on any atom is -0.459 e. The van der Waals surface area contributed by atoms with Crippen LogP contribution in [0.3, 0.4) is 0 Å². The molecule has 0 bridgehead atoms. The first-order valence-electron chi connectivity index (χ1n) is 7.69. The van der Waals surface area contributed by atoms with E-state index in [9.17, 15) is 18.0 Å². The number of carbonyl (C=O) groups excluding carboxylic acids is 2. The highest BCUT2D eigenvalue weighted by Crippen LogP contribution is 2.20. The second-order valence-corrected chi connectivity index (χ2v) is 7.65. The molecule has 0 spiro atoms. The van der Waals surface area contributed by atoms with Gasteiger partial charge in [-0.05, 0) is 43.2 Å². The van der Waals surface area contributed by atoms with Crippen LogP contribution in [0, 0.1) is 6.92 Å². The van der Waals surface area contributed by atoms with Gasteiger partial charge in [0.1, 0.15) is 0 Å². The molecule has 2 N–H and O–H groups in total. The number of carbonyl (C=O) groups is 2. The Morgan fingerprint density at radius 1 is 1.20 bits per heavy atom. The van der Waals surface area contributed by atoms with Crippen LogP contribution < -0.4 is 10.6 Å². The van der Waals surface area contributed by atoms with Gasteiger partial charge >= 0.3 is 0 Å². The largest absolute Gasteiger partial charge is 0.459 e. The van der Waals surface area contributed by atoms with Gasteiger partial charge in [0.15, 0.2) is 15.6 Å². The second-order valence-electron chi connectivity index (χ2n) is 5.63. The van der Waals surface area contributed by atoms with E-state index in [1.54, 1.807) is 25.1 Å². The average Bonchev–Trinajstić information content (AvgIpc) is 3.07. The van der Waals surface area contributed by atoms with Gasteiger partial charge in [0.2, 0.25) is 5.91 Å². The zero-order chi connectivity index (χ0) is 18.4. The highest BCUT2D eigenvalue weighted by Gasteiger charge is 2.12. The molecule has 1 aromatic carbocycles. The predicted octanol–water partition coefficient (Wildman–Crippen LogP) is 2.14. The maximum atomic E-state index is 12.0. The number of rotatable bonds is 7. The molecule has 0 saturated carbocycles. The number of benzene rings is 1. The fourth-order valence-corrected chi connectivity index (χ4v) is 2.77. The summed E-state index contributed by atoms with van der Waals surface area (Å²) in [5, 5.41) is 5.36.